The molecule has 1 aliphatic rings. The molecule has 1 aromatic rings. The van der Waals surface area contributed by atoms with Crippen molar-refractivity contribution in [1.29, 1.82) is 16.1 Å². The van der Waals surface area contributed by atoms with E-state index in [1.54, 1.807) is 6.07 Å². The fourth-order valence-corrected chi connectivity index (χ4v) is 2.27. The average molecular weight is 240 g/mol. The van der Waals surface area contributed by atoms with Crippen molar-refractivity contribution in [2.24, 2.45) is 0 Å². The molecule has 0 atom stereocenters. The Kier molecular flexibility index (Phi) is 3.73. The first-order valence-corrected chi connectivity index (χ1v) is 6.12. The van der Waals surface area contributed by atoms with Crippen LogP contribution in [0.1, 0.15) is 30.4 Å². The minimum absolute atomic E-state index is 0.313. The zero-order valence-corrected chi connectivity index (χ0v) is 10.2. The van der Waals surface area contributed by atoms with E-state index in [0.717, 1.165) is 24.3 Å². The molecular weight excluding hydrogens is 224 g/mol. The third-order valence-corrected chi connectivity index (χ3v) is 3.22. The molecule has 0 spiro atoms. The second kappa shape index (κ2) is 5.46. The number of nitrogens with one attached hydrogen (secondary N) is 2. The van der Waals surface area contributed by atoms with Gasteiger partial charge in [-0.15, -0.1) is 0 Å². The van der Waals surface area contributed by atoms with Crippen LogP contribution in [0.25, 0.3) is 0 Å². The van der Waals surface area contributed by atoms with Crippen LogP contribution >= 0.6 is 0 Å². The molecule has 4 heteroatoms. The summed E-state index contributed by atoms with van der Waals surface area (Å²) in [6.45, 7) is 2.01. The van der Waals surface area contributed by atoms with E-state index in [4.69, 9.17) is 10.8 Å². The predicted molar refractivity (Wildman–Crippen MR) is 72.8 cm³/mol. The van der Waals surface area contributed by atoms with E-state index in [9.17, 15) is 5.26 Å². The highest BCUT2D eigenvalue weighted by Gasteiger charge is 2.16. The summed E-state index contributed by atoms with van der Waals surface area (Å²) >= 11 is 0. The van der Waals surface area contributed by atoms with Crippen molar-refractivity contribution in [2.75, 3.05) is 18.0 Å². The van der Waals surface area contributed by atoms with Gasteiger partial charge in [0.1, 0.15) is 6.07 Å². The number of anilines is 1. The summed E-state index contributed by atoms with van der Waals surface area (Å²) in [6.07, 6.45) is 3.88. The number of hydrogen-bond acceptors (Lipinski definition) is 4. The van der Waals surface area contributed by atoms with Crippen LogP contribution in [0.2, 0.25) is 0 Å². The Balaban J connectivity index is 2.31. The van der Waals surface area contributed by atoms with Gasteiger partial charge in [-0.1, -0.05) is 6.07 Å². The first-order chi connectivity index (χ1) is 8.76. The van der Waals surface area contributed by atoms with Crippen LogP contribution in [0, 0.1) is 22.1 Å². The topological polar surface area (TPSA) is 74.7 Å². The van der Waals surface area contributed by atoms with Crippen LogP contribution < -0.4 is 4.90 Å². The zero-order valence-electron chi connectivity index (χ0n) is 10.2. The molecule has 0 aromatic heterocycles. The van der Waals surface area contributed by atoms with E-state index in [1.807, 2.05) is 12.1 Å². The van der Waals surface area contributed by atoms with Gasteiger partial charge >= 0.3 is 0 Å². The van der Waals surface area contributed by atoms with Crippen molar-refractivity contribution in [1.82, 2.24) is 0 Å². The molecule has 0 aliphatic carbocycles. The van der Waals surface area contributed by atoms with Crippen molar-refractivity contribution in [2.45, 2.75) is 19.3 Å². The Morgan fingerprint density at radius 1 is 1.39 bits per heavy atom. The Hall–Kier alpha value is -2.15. The van der Waals surface area contributed by atoms with Crippen LogP contribution in [0.5, 0.6) is 0 Å². The lowest BCUT2D eigenvalue weighted by molar-refractivity contribution is 0.949. The summed E-state index contributed by atoms with van der Waals surface area (Å²) in [5, 5.41) is 24.1. The molecule has 0 saturated carbocycles. The summed E-state index contributed by atoms with van der Waals surface area (Å²) in [6, 6.07) is 7.78. The van der Waals surface area contributed by atoms with E-state index in [-0.39, 0.29) is 0 Å². The molecule has 1 fully saturated rings. The second-order valence-electron chi connectivity index (χ2n) is 4.42. The molecule has 0 bridgehead atoms. The summed E-state index contributed by atoms with van der Waals surface area (Å²) in [5.74, 6) is 0. The molecule has 18 heavy (non-hydrogen) atoms. The fourth-order valence-electron chi connectivity index (χ4n) is 2.27. The van der Waals surface area contributed by atoms with Crippen LogP contribution in [-0.4, -0.2) is 25.0 Å². The molecule has 1 saturated heterocycles. The third kappa shape index (κ3) is 2.40. The van der Waals surface area contributed by atoms with Crippen molar-refractivity contribution >= 4 is 17.6 Å². The SMILES string of the molecule is N#Cc1cc(C(=N)CC=N)ccc1N1CCCC1. The molecule has 0 unspecified atom stereocenters. The number of rotatable bonds is 4. The lowest BCUT2D eigenvalue weighted by Crippen LogP contribution is -2.19. The second-order valence-corrected chi connectivity index (χ2v) is 4.42. The van der Waals surface area contributed by atoms with Crippen molar-refractivity contribution in [3.05, 3.63) is 29.3 Å². The fraction of sp³-hybridized carbons (Fsp3) is 0.357. The van der Waals surface area contributed by atoms with Crippen LogP contribution in [0.4, 0.5) is 5.69 Å². The molecule has 0 amide bonds. The molecule has 2 N–H and O–H groups in total. The van der Waals surface area contributed by atoms with E-state index in [2.05, 4.69) is 11.0 Å². The van der Waals surface area contributed by atoms with Crippen LogP contribution in [0.15, 0.2) is 18.2 Å². The summed E-state index contributed by atoms with van der Waals surface area (Å²) in [5.41, 5.74) is 2.72. The third-order valence-electron chi connectivity index (χ3n) is 3.22. The monoisotopic (exact) mass is 240 g/mol. The largest absolute Gasteiger partial charge is 0.370 e. The van der Waals surface area contributed by atoms with Gasteiger partial charge < -0.3 is 15.7 Å². The van der Waals surface area contributed by atoms with Crippen LogP contribution in [0.3, 0.4) is 0 Å². The molecule has 0 radical (unpaired) electrons. The molecule has 1 aromatic carbocycles. The van der Waals surface area contributed by atoms with Crippen molar-refractivity contribution in [3.63, 3.8) is 0 Å². The minimum atomic E-state index is 0.313. The zero-order chi connectivity index (χ0) is 13.0. The van der Waals surface area contributed by atoms with E-state index < -0.39 is 0 Å². The molecular formula is C14H16N4. The number of benzene rings is 1. The maximum absolute atomic E-state index is 9.22. The molecule has 2 rings (SSSR count). The van der Waals surface area contributed by atoms with Gasteiger partial charge in [0.15, 0.2) is 0 Å². The quantitative estimate of drug-likeness (QED) is 0.794. The van der Waals surface area contributed by atoms with E-state index in [1.165, 1.54) is 19.1 Å². The van der Waals surface area contributed by atoms with Crippen molar-refractivity contribution in [3.8, 4) is 6.07 Å². The highest BCUT2D eigenvalue weighted by molar-refractivity contribution is 6.05. The first-order valence-electron chi connectivity index (χ1n) is 6.12. The maximum atomic E-state index is 9.22. The van der Waals surface area contributed by atoms with Gasteiger partial charge in [0.2, 0.25) is 0 Å². The Bertz CT molecular complexity index is 507. The Labute approximate surface area is 107 Å². The number of hydrogen-bond donors (Lipinski definition) is 2. The van der Waals surface area contributed by atoms with Gasteiger partial charge in [-0.2, -0.15) is 5.26 Å². The molecule has 92 valence electrons. The van der Waals surface area contributed by atoms with E-state index >= 15 is 0 Å². The number of nitriles is 1. The lowest BCUT2D eigenvalue weighted by Gasteiger charge is -2.19. The summed E-state index contributed by atoms with van der Waals surface area (Å²) in [7, 11) is 0. The highest BCUT2D eigenvalue weighted by atomic mass is 15.1. The number of nitrogens with zero attached hydrogens (tertiary/aromatic N) is 2. The molecule has 1 heterocycles. The van der Waals surface area contributed by atoms with Gasteiger partial charge in [0.25, 0.3) is 0 Å². The smallest absolute Gasteiger partial charge is 0.101 e. The van der Waals surface area contributed by atoms with Gasteiger partial charge in [-0.25, -0.2) is 0 Å². The maximum Gasteiger partial charge on any atom is 0.101 e. The highest BCUT2D eigenvalue weighted by Crippen LogP contribution is 2.25. The van der Waals surface area contributed by atoms with Crippen LogP contribution in [-0.2, 0) is 0 Å². The lowest BCUT2D eigenvalue weighted by atomic mass is 10.0. The van der Waals surface area contributed by atoms with Crippen molar-refractivity contribution < 1.29 is 0 Å². The van der Waals surface area contributed by atoms with Gasteiger partial charge in [-0.3, -0.25) is 0 Å². The summed E-state index contributed by atoms with van der Waals surface area (Å²) < 4.78 is 0. The summed E-state index contributed by atoms with van der Waals surface area (Å²) in [4.78, 5) is 2.22. The van der Waals surface area contributed by atoms with Gasteiger partial charge in [-0.05, 0) is 30.5 Å². The van der Waals surface area contributed by atoms with Gasteiger partial charge in [0, 0.05) is 31.4 Å². The average Bonchev–Trinajstić information content (AvgIpc) is 2.92. The Morgan fingerprint density at radius 3 is 2.72 bits per heavy atom. The molecule has 1 aliphatic heterocycles. The predicted octanol–water partition coefficient (Wildman–Crippen LogP) is 2.57. The minimum Gasteiger partial charge on any atom is -0.370 e. The standard InChI is InChI=1S/C14H16N4/c15-6-5-13(17)11-3-4-14(12(9-11)10-16)18-7-1-2-8-18/h3-4,6,9,15,17H,1-2,5,7-8H2. The first kappa shape index (κ1) is 12.3. The van der Waals surface area contributed by atoms with E-state index in [0.29, 0.717) is 17.7 Å². The van der Waals surface area contributed by atoms with Gasteiger partial charge in [0.05, 0.1) is 11.3 Å². The Morgan fingerprint density at radius 2 is 2.11 bits per heavy atom. The normalized spacial score (nSPS) is 14.3. The molecule has 4 nitrogen and oxygen atoms in total.